The molecule has 0 heterocycles. The van der Waals surface area contributed by atoms with E-state index in [1.165, 1.54) is 27.7 Å². The minimum absolute atomic E-state index is 0.294. The number of fused-ring (bicyclic) bond motifs is 1. The monoisotopic (exact) mass is 316 g/mol. The van der Waals surface area contributed by atoms with Crippen LogP contribution in [0.4, 0.5) is 11.4 Å². The average molecular weight is 316 g/mol. The molecule has 0 fully saturated rings. The fourth-order valence-electron chi connectivity index (χ4n) is 3.06. The number of anilines is 2. The number of rotatable bonds is 4. The number of hydrogen-bond acceptors (Lipinski definition) is 2. The third-order valence-electron chi connectivity index (χ3n) is 4.25. The zero-order valence-corrected chi connectivity index (χ0v) is 14.8. The summed E-state index contributed by atoms with van der Waals surface area (Å²) in [6.45, 7) is 6.36. The molecule has 3 aromatic carbocycles. The molecule has 0 saturated carbocycles. The minimum atomic E-state index is 0.294. The van der Waals surface area contributed by atoms with Crippen LogP contribution in [0.2, 0.25) is 0 Å². The first kappa shape index (κ1) is 16.3. The van der Waals surface area contributed by atoms with Gasteiger partial charge in [0.25, 0.3) is 0 Å². The second-order valence-corrected chi connectivity index (χ2v) is 6.44. The fourth-order valence-corrected chi connectivity index (χ4v) is 3.06. The minimum Gasteiger partial charge on any atom is -0.343 e. The van der Waals surface area contributed by atoms with E-state index in [1.807, 2.05) is 6.21 Å². The zero-order valence-electron chi connectivity index (χ0n) is 14.8. The van der Waals surface area contributed by atoms with Crippen molar-refractivity contribution in [2.24, 2.45) is 4.99 Å². The summed E-state index contributed by atoms with van der Waals surface area (Å²) in [5.41, 5.74) is 4.83. The van der Waals surface area contributed by atoms with Gasteiger partial charge in [-0.15, -0.1) is 0 Å². The van der Waals surface area contributed by atoms with Gasteiger partial charge in [0.05, 0.1) is 5.69 Å². The van der Waals surface area contributed by atoms with Crippen molar-refractivity contribution >= 4 is 28.4 Å². The molecule has 0 N–H and O–H groups in total. The largest absolute Gasteiger partial charge is 0.343 e. The first-order valence-corrected chi connectivity index (χ1v) is 8.42. The molecule has 3 aromatic rings. The maximum absolute atomic E-state index is 4.56. The van der Waals surface area contributed by atoms with Crippen LogP contribution in [-0.2, 0) is 0 Å². The smallest absolute Gasteiger partial charge is 0.0517 e. The molecule has 2 heteroatoms. The highest BCUT2D eigenvalue weighted by Crippen LogP contribution is 2.35. The molecule has 0 saturated heterocycles. The molecule has 3 rings (SSSR count). The highest BCUT2D eigenvalue weighted by molar-refractivity contribution is 5.99. The number of para-hydroxylation sites is 1. The molecule has 122 valence electrons. The predicted molar refractivity (Wildman–Crippen MR) is 106 cm³/mol. The number of aryl methyl sites for hydroxylation is 1. The van der Waals surface area contributed by atoms with E-state index in [0.717, 1.165) is 5.56 Å². The maximum atomic E-state index is 4.56. The van der Waals surface area contributed by atoms with Crippen molar-refractivity contribution in [1.82, 2.24) is 0 Å². The molecule has 0 spiro atoms. The summed E-state index contributed by atoms with van der Waals surface area (Å²) in [6, 6.07) is 21.7. The van der Waals surface area contributed by atoms with E-state index >= 15 is 0 Å². The van der Waals surface area contributed by atoms with Gasteiger partial charge in [-0.05, 0) is 37.8 Å². The van der Waals surface area contributed by atoms with Gasteiger partial charge in [-0.2, -0.15) is 0 Å². The van der Waals surface area contributed by atoms with Crippen LogP contribution >= 0.6 is 0 Å². The molecule has 0 atom stereocenters. The van der Waals surface area contributed by atoms with Crippen LogP contribution in [0.15, 0.2) is 65.7 Å². The molecule has 0 bridgehead atoms. The van der Waals surface area contributed by atoms with Gasteiger partial charge in [0, 0.05) is 35.9 Å². The molecule has 0 radical (unpaired) electrons. The van der Waals surface area contributed by atoms with Crippen LogP contribution in [0, 0.1) is 6.92 Å². The van der Waals surface area contributed by atoms with Gasteiger partial charge in [-0.25, -0.2) is 0 Å². The second-order valence-electron chi connectivity index (χ2n) is 6.44. The summed E-state index contributed by atoms with van der Waals surface area (Å²) >= 11 is 0. The lowest BCUT2D eigenvalue weighted by Crippen LogP contribution is -2.13. The normalized spacial score (nSPS) is 11.5. The van der Waals surface area contributed by atoms with Gasteiger partial charge < -0.3 is 4.90 Å². The fraction of sp³-hybridized carbons (Fsp3) is 0.227. The third kappa shape index (κ3) is 3.18. The topological polar surface area (TPSA) is 15.6 Å². The lowest BCUT2D eigenvalue weighted by molar-refractivity contribution is 0.841. The van der Waals surface area contributed by atoms with Gasteiger partial charge in [0.2, 0.25) is 0 Å². The molecule has 0 aromatic heterocycles. The van der Waals surface area contributed by atoms with Crippen LogP contribution in [0.1, 0.15) is 25.0 Å². The SMILES string of the molecule is Cc1ccc2ccccc2c1N(C)c1ccccc1C=NC(C)C. The van der Waals surface area contributed by atoms with Crippen molar-refractivity contribution < 1.29 is 0 Å². The molecule has 0 amide bonds. The number of benzene rings is 3. The van der Waals surface area contributed by atoms with Crippen LogP contribution in [-0.4, -0.2) is 19.3 Å². The Morgan fingerprint density at radius 2 is 1.62 bits per heavy atom. The third-order valence-corrected chi connectivity index (χ3v) is 4.25. The molecule has 2 nitrogen and oxygen atoms in total. The summed E-state index contributed by atoms with van der Waals surface area (Å²) in [4.78, 5) is 6.84. The highest BCUT2D eigenvalue weighted by Gasteiger charge is 2.13. The number of hydrogen-bond donors (Lipinski definition) is 0. The van der Waals surface area contributed by atoms with E-state index in [1.54, 1.807) is 0 Å². The summed E-state index contributed by atoms with van der Waals surface area (Å²) in [7, 11) is 2.14. The molecule has 0 unspecified atom stereocenters. The summed E-state index contributed by atoms with van der Waals surface area (Å²) in [5.74, 6) is 0. The van der Waals surface area contributed by atoms with Crippen LogP contribution < -0.4 is 4.90 Å². The highest BCUT2D eigenvalue weighted by atomic mass is 15.1. The molecular weight excluding hydrogens is 292 g/mol. The van der Waals surface area contributed by atoms with Crippen LogP contribution in [0.5, 0.6) is 0 Å². The first-order valence-electron chi connectivity index (χ1n) is 8.42. The Morgan fingerprint density at radius 3 is 2.42 bits per heavy atom. The number of nitrogens with zero attached hydrogens (tertiary/aromatic N) is 2. The van der Waals surface area contributed by atoms with Crippen molar-refractivity contribution in [2.75, 3.05) is 11.9 Å². The van der Waals surface area contributed by atoms with Crippen LogP contribution in [0.25, 0.3) is 10.8 Å². The van der Waals surface area contributed by atoms with Crippen molar-refractivity contribution in [3.63, 3.8) is 0 Å². The van der Waals surface area contributed by atoms with Crippen molar-refractivity contribution in [1.29, 1.82) is 0 Å². The van der Waals surface area contributed by atoms with Gasteiger partial charge >= 0.3 is 0 Å². The quantitative estimate of drug-likeness (QED) is 0.560. The van der Waals surface area contributed by atoms with Gasteiger partial charge in [0.15, 0.2) is 0 Å². The predicted octanol–water partition coefficient (Wildman–Crippen LogP) is 5.74. The van der Waals surface area contributed by atoms with Gasteiger partial charge in [-0.1, -0.05) is 54.6 Å². The molecule has 24 heavy (non-hydrogen) atoms. The lowest BCUT2D eigenvalue weighted by Gasteiger charge is -2.25. The van der Waals surface area contributed by atoms with Crippen molar-refractivity contribution in [2.45, 2.75) is 26.8 Å². The van der Waals surface area contributed by atoms with E-state index in [9.17, 15) is 0 Å². The van der Waals surface area contributed by atoms with E-state index in [0.29, 0.717) is 6.04 Å². The van der Waals surface area contributed by atoms with E-state index in [-0.39, 0.29) is 0 Å². The van der Waals surface area contributed by atoms with E-state index in [4.69, 9.17) is 0 Å². The van der Waals surface area contributed by atoms with Gasteiger partial charge in [0.1, 0.15) is 0 Å². The summed E-state index contributed by atoms with van der Waals surface area (Å²) < 4.78 is 0. The van der Waals surface area contributed by atoms with Crippen LogP contribution in [0.3, 0.4) is 0 Å². The second kappa shape index (κ2) is 6.88. The molecule has 0 aliphatic heterocycles. The molecule has 0 aliphatic rings. The van der Waals surface area contributed by atoms with Crippen molar-refractivity contribution in [3.05, 3.63) is 71.8 Å². The Morgan fingerprint density at radius 1 is 0.917 bits per heavy atom. The van der Waals surface area contributed by atoms with E-state index < -0.39 is 0 Å². The Hall–Kier alpha value is -2.61. The standard InChI is InChI=1S/C22H24N2/c1-16(2)23-15-19-10-6-8-12-21(19)24(4)22-17(3)13-14-18-9-5-7-11-20(18)22/h5-16H,1-4H3. The molecular formula is C22H24N2. The Kier molecular flexibility index (Phi) is 4.66. The zero-order chi connectivity index (χ0) is 17.1. The summed E-state index contributed by atoms with van der Waals surface area (Å²) in [6.07, 6.45) is 1.98. The van der Waals surface area contributed by atoms with Gasteiger partial charge in [-0.3, -0.25) is 4.99 Å². The lowest BCUT2D eigenvalue weighted by atomic mass is 10.0. The first-order chi connectivity index (χ1) is 11.6. The Labute approximate surface area is 144 Å². The summed E-state index contributed by atoms with van der Waals surface area (Å²) in [5, 5.41) is 2.54. The molecule has 0 aliphatic carbocycles. The number of aliphatic imine (C=N–C) groups is 1. The average Bonchev–Trinajstić information content (AvgIpc) is 2.59. The van der Waals surface area contributed by atoms with E-state index in [2.05, 4.69) is 98.4 Å². The Bertz CT molecular complexity index is 878. The maximum Gasteiger partial charge on any atom is 0.0517 e. The Balaban J connectivity index is 2.14. The van der Waals surface area contributed by atoms with Crippen molar-refractivity contribution in [3.8, 4) is 0 Å².